The summed E-state index contributed by atoms with van der Waals surface area (Å²) < 4.78 is 0. The minimum atomic E-state index is 0.402. The quantitative estimate of drug-likeness (QED) is 0.829. The average molecular weight is 218 g/mol. The fourth-order valence-corrected chi connectivity index (χ4v) is 1.18. The summed E-state index contributed by atoms with van der Waals surface area (Å²) in [6, 6.07) is 0. The van der Waals surface area contributed by atoms with Crippen LogP contribution < -0.4 is 10.7 Å². The molecule has 0 aliphatic rings. The fourth-order valence-electron chi connectivity index (χ4n) is 1.18. The lowest BCUT2D eigenvalue weighted by atomic mass is 10.2. The number of imidazole rings is 1. The highest BCUT2D eigenvalue weighted by molar-refractivity contribution is 5.38. The average Bonchev–Trinajstić information content (AvgIpc) is 2.66. The SMILES string of the molecule is C=C/C=c1/nc(C(C)C)[nH]/c1=C/C=C.CC. The zero-order valence-electron chi connectivity index (χ0n) is 10.7. The maximum absolute atomic E-state index is 4.46. The Hall–Kier alpha value is -1.57. The Bertz CT molecular complexity index is 398. The van der Waals surface area contributed by atoms with Gasteiger partial charge in [-0.05, 0) is 12.2 Å². The molecule has 1 aromatic rings. The maximum Gasteiger partial charge on any atom is 0.109 e. The molecule has 0 radical (unpaired) electrons. The number of nitrogens with one attached hydrogen (secondary N) is 1. The van der Waals surface area contributed by atoms with E-state index in [2.05, 4.69) is 37.0 Å². The van der Waals surface area contributed by atoms with Crippen LogP contribution in [0.25, 0.3) is 12.2 Å². The molecule has 0 unspecified atom stereocenters. The molecule has 16 heavy (non-hydrogen) atoms. The van der Waals surface area contributed by atoms with Gasteiger partial charge in [0, 0.05) is 5.92 Å². The molecule has 0 aliphatic heterocycles. The van der Waals surface area contributed by atoms with Crippen molar-refractivity contribution in [3.8, 4) is 0 Å². The molecule has 1 aromatic heterocycles. The van der Waals surface area contributed by atoms with Crippen LogP contribution >= 0.6 is 0 Å². The second-order valence-corrected chi connectivity index (χ2v) is 3.38. The molecule has 1 N–H and O–H groups in total. The summed E-state index contributed by atoms with van der Waals surface area (Å²) in [5.74, 6) is 1.39. The summed E-state index contributed by atoms with van der Waals surface area (Å²) in [5, 5.41) is 1.91. The Morgan fingerprint density at radius 1 is 1.12 bits per heavy atom. The molecule has 1 rings (SSSR count). The van der Waals surface area contributed by atoms with Gasteiger partial charge in [-0.1, -0.05) is 53.0 Å². The van der Waals surface area contributed by atoms with Crippen molar-refractivity contribution in [2.24, 2.45) is 0 Å². The van der Waals surface area contributed by atoms with E-state index in [9.17, 15) is 0 Å². The summed E-state index contributed by atoms with van der Waals surface area (Å²) in [7, 11) is 0. The standard InChI is InChI=1S/C12H16N2.C2H6/c1-5-7-10-11(8-6-2)14-12(13-10)9(3)4;1-2/h5-9H,1-2H2,3-4H3,(H,13,14);1-2H3/b10-7+,11-8+;. The van der Waals surface area contributed by atoms with Crippen molar-refractivity contribution in [3.63, 3.8) is 0 Å². The predicted octanol–water partition coefficient (Wildman–Crippen LogP) is 2.49. The maximum atomic E-state index is 4.46. The molecule has 0 spiro atoms. The molecule has 0 fully saturated rings. The summed E-state index contributed by atoms with van der Waals surface area (Å²) in [6.07, 6.45) is 7.28. The topological polar surface area (TPSA) is 28.7 Å². The van der Waals surface area contributed by atoms with Crippen molar-refractivity contribution < 1.29 is 0 Å². The molecule has 88 valence electrons. The third-order valence-corrected chi connectivity index (χ3v) is 1.89. The van der Waals surface area contributed by atoms with Gasteiger partial charge in [0.15, 0.2) is 0 Å². The van der Waals surface area contributed by atoms with Gasteiger partial charge < -0.3 is 4.98 Å². The van der Waals surface area contributed by atoms with Gasteiger partial charge in [0.25, 0.3) is 0 Å². The Morgan fingerprint density at radius 2 is 1.69 bits per heavy atom. The lowest BCUT2D eigenvalue weighted by Gasteiger charge is -1.95. The number of aromatic nitrogens is 2. The molecule has 0 aromatic carbocycles. The van der Waals surface area contributed by atoms with Crippen LogP contribution in [0.1, 0.15) is 39.4 Å². The zero-order valence-corrected chi connectivity index (χ0v) is 10.7. The van der Waals surface area contributed by atoms with Crippen LogP contribution in [-0.2, 0) is 0 Å². The lowest BCUT2D eigenvalue weighted by molar-refractivity contribution is 0.791. The number of H-pyrrole nitrogens is 1. The molecule has 0 amide bonds. The van der Waals surface area contributed by atoms with E-state index in [1.165, 1.54) is 0 Å². The smallest absolute Gasteiger partial charge is 0.109 e. The molecule has 2 heteroatoms. The second-order valence-electron chi connectivity index (χ2n) is 3.38. The lowest BCUT2D eigenvalue weighted by Crippen LogP contribution is -2.23. The van der Waals surface area contributed by atoms with E-state index in [0.29, 0.717) is 5.92 Å². The third kappa shape index (κ3) is 3.89. The highest BCUT2D eigenvalue weighted by atomic mass is 14.9. The van der Waals surface area contributed by atoms with E-state index in [0.717, 1.165) is 16.5 Å². The Kier molecular flexibility index (Phi) is 6.93. The molecule has 0 saturated heterocycles. The van der Waals surface area contributed by atoms with E-state index < -0.39 is 0 Å². The van der Waals surface area contributed by atoms with Crippen molar-refractivity contribution >= 4 is 12.2 Å². The van der Waals surface area contributed by atoms with Crippen molar-refractivity contribution in [1.82, 2.24) is 9.97 Å². The molecule has 0 aliphatic carbocycles. The molecule has 1 heterocycles. The molecule has 0 bridgehead atoms. The van der Waals surface area contributed by atoms with Crippen LogP contribution in [0.4, 0.5) is 0 Å². The largest absolute Gasteiger partial charge is 0.342 e. The number of allylic oxidation sites excluding steroid dienone is 2. The Morgan fingerprint density at radius 3 is 2.12 bits per heavy atom. The number of nitrogens with zero attached hydrogens (tertiary/aromatic N) is 1. The summed E-state index contributed by atoms with van der Waals surface area (Å²) in [4.78, 5) is 7.71. The van der Waals surface area contributed by atoms with E-state index in [1.54, 1.807) is 12.2 Å². The van der Waals surface area contributed by atoms with E-state index in [-0.39, 0.29) is 0 Å². The summed E-state index contributed by atoms with van der Waals surface area (Å²) in [6.45, 7) is 15.5. The summed E-state index contributed by atoms with van der Waals surface area (Å²) >= 11 is 0. The fraction of sp³-hybridized carbons (Fsp3) is 0.357. The number of aromatic amines is 1. The first kappa shape index (κ1) is 14.4. The minimum absolute atomic E-state index is 0.402. The molecule has 0 atom stereocenters. The zero-order chi connectivity index (χ0) is 12.6. The highest BCUT2D eigenvalue weighted by Gasteiger charge is 2.01. The number of rotatable bonds is 3. The van der Waals surface area contributed by atoms with E-state index >= 15 is 0 Å². The normalized spacial score (nSPS) is 12.3. The molecular formula is C14H22N2. The Balaban J connectivity index is 0.00000106. The van der Waals surface area contributed by atoms with Crippen LogP contribution in [0.5, 0.6) is 0 Å². The number of hydrogen-bond donors (Lipinski definition) is 1. The molecule has 0 saturated carbocycles. The summed E-state index contributed by atoms with van der Waals surface area (Å²) in [5.41, 5.74) is 0. The predicted molar refractivity (Wildman–Crippen MR) is 72.6 cm³/mol. The van der Waals surface area contributed by atoms with Gasteiger partial charge in [-0.25, -0.2) is 4.98 Å². The van der Waals surface area contributed by atoms with E-state index in [1.807, 2.05) is 26.0 Å². The van der Waals surface area contributed by atoms with Crippen LogP contribution in [0, 0.1) is 0 Å². The van der Waals surface area contributed by atoms with Gasteiger partial charge in [0.1, 0.15) is 5.82 Å². The van der Waals surface area contributed by atoms with E-state index in [4.69, 9.17) is 0 Å². The second kappa shape index (κ2) is 7.69. The van der Waals surface area contributed by atoms with Crippen LogP contribution in [-0.4, -0.2) is 9.97 Å². The van der Waals surface area contributed by atoms with Gasteiger partial charge >= 0.3 is 0 Å². The van der Waals surface area contributed by atoms with Crippen LogP contribution in [0.15, 0.2) is 25.3 Å². The first-order chi connectivity index (χ1) is 7.69. The van der Waals surface area contributed by atoms with Gasteiger partial charge in [-0.15, -0.1) is 0 Å². The first-order valence-corrected chi connectivity index (χ1v) is 5.70. The van der Waals surface area contributed by atoms with Gasteiger partial charge in [0.2, 0.25) is 0 Å². The first-order valence-electron chi connectivity index (χ1n) is 5.70. The van der Waals surface area contributed by atoms with Gasteiger partial charge in [0.05, 0.1) is 10.7 Å². The monoisotopic (exact) mass is 218 g/mol. The molecule has 2 nitrogen and oxygen atoms in total. The van der Waals surface area contributed by atoms with Crippen molar-refractivity contribution in [2.75, 3.05) is 0 Å². The minimum Gasteiger partial charge on any atom is -0.342 e. The highest BCUT2D eigenvalue weighted by Crippen LogP contribution is 2.03. The third-order valence-electron chi connectivity index (χ3n) is 1.89. The number of hydrogen-bond acceptors (Lipinski definition) is 1. The van der Waals surface area contributed by atoms with Crippen LogP contribution in [0.2, 0.25) is 0 Å². The molecular weight excluding hydrogens is 196 g/mol. The van der Waals surface area contributed by atoms with Crippen molar-refractivity contribution in [2.45, 2.75) is 33.6 Å². The van der Waals surface area contributed by atoms with Crippen LogP contribution in [0.3, 0.4) is 0 Å². The van der Waals surface area contributed by atoms with Gasteiger partial charge in [-0.2, -0.15) is 0 Å². The van der Waals surface area contributed by atoms with Crippen molar-refractivity contribution in [3.05, 3.63) is 41.8 Å². The van der Waals surface area contributed by atoms with Crippen molar-refractivity contribution in [1.29, 1.82) is 0 Å². The van der Waals surface area contributed by atoms with Gasteiger partial charge in [-0.3, -0.25) is 0 Å². The Labute approximate surface area is 98.1 Å².